The van der Waals surface area contributed by atoms with Crippen LogP contribution in [0.2, 0.25) is 0 Å². The quantitative estimate of drug-likeness (QED) is 0.601. The Kier molecular flexibility index (Phi) is 6.84. The number of nitrogens with one attached hydrogen (secondary N) is 1. The van der Waals surface area contributed by atoms with Crippen molar-refractivity contribution in [1.29, 1.82) is 0 Å². The minimum atomic E-state index is 0.0304. The van der Waals surface area contributed by atoms with Gasteiger partial charge in [-0.2, -0.15) is 0 Å². The summed E-state index contributed by atoms with van der Waals surface area (Å²) in [4.78, 5) is 20.2. The number of carbonyl (C=O) groups is 1. The van der Waals surface area contributed by atoms with Crippen molar-refractivity contribution in [3.63, 3.8) is 0 Å². The Labute approximate surface area is 201 Å². The van der Waals surface area contributed by atoms with Crippen molar-refractivity contribution in [2.45, 2.75) is 109 Å². The number of hydrogen-bond donors (Lipinski definition) is 1. The lowest BCUT2D eigenvalue weighted by Gasteiger charge is -2.40. The van der Waals surface area contributed by atoms with E-state index in [4.69, 9.17) is 0 Å². The minimum absolute atomic E-state index is 0.0304. The van der Waals surface area contributed by atoms with Crippen molar-refractivity contribution in [3.8, 4) is 0 Å². The molecule has 0 radical (unpaired) electrons. The van der Waals surface area contributed by atoms with Gasteiger partial charge in [0.1, 0.15) is 16.7 Å². The average molecular weight is 471 g/mol. The molecule has 1 saturated carbocycles. The summed E-state index contributed by atoms with van der Waals surface area (Å²) in [6.07, 6.45) is 12.1. The molecule has 0 spiro atoms. The molecule has 2 bridgehead atoms. The Morgan fingerprint density at radius 1 is 1.12 bits per heavy atom. The van der Waals surface area contributed by atoms with Gasteiger partial charge >= 0.3 is 0 Å². The molecule has 2 aromatic rings. The summed E-state index contributed by atoms with van der Waals surface area (Å²) >= 11 is 1.66. The normalized spacial score (nSPS) is 26.8. The molecule has 1 N–H and O–H groups in total. The Bertz CT molecular complexity index is 921. The fraction of sp³-hybridized carbons (Fsp3) is 0.760. The van der Waals surface area contributed by atoms with Crippen LogP contribution >= 0.6 is 11.3 Å². The zero-order valence-electron chi connectivity index (χ0n) is 20.2. The molecular formula is C25H38N6OS. The third-order valence-electron chi connectivity index (χ3n) is 8.10. The molecule has 2 aromatic heterocycles. The molecule has 1 aliphatic carbocycles. The van der Waals surface area contributed by atoms with Crippen molar-refractivity contribution in [2.24, 2.45) is 5.92 Å². The molecule has 3 aliphatic rings. The van der Waals surface area contributed by atoms with E-state index in [-0.39, 0.29) is 17.9 Å². The van der Waals surface area contributed by atoms with Gasteiger partial charge in [-0.3, -0.25) is 9.69 Å². The highest BCUT2D eigenvalue weighted by Crippen LogP contribution is 2.42. The second-order valence-corrected chi connectivity index (χ2v) is 11.5. The van der Waals surface area contributed by atoms with Gasteiger partial charge in [-0.05, 0) is 51.9 Å². The van der Waals surface area contributed by atoms with Crippen LogP contribution in [0.4, 0.5) is 0 Å². The number of thiazole rings is 1. The van der Waals surface area contributed by atoms with E-state index >= 15 is 0 Å². The Morgan fingerprint density at radius 3 is 2.48 bits per heavy atom. The van der Waals surface area contributed by atoms with E-state index in [0.717, 1.165) is 42.5 Å². The molecule has 8 heteroatoms. The summed E-state index contributed by atoms with van der Waals surface area (Å²) in [6, 6.07) is 1.75. The molecule has 5 rings (SSSR count). The molecule has 2 aliphatic heterocycles. The van der Waals surface area contributed by atoms with E-state index in [1.165, 1.54) is 38.5 Å². The number of aromatic nitrogens is 4. The number of hydrogen-bond acceptors (Lipinski definition) is 6. The maximum Gasteiger partial charge on any atom is 0.223 e. The number of rotatable bonds is 8. The van der Waals surface area contributed by atoms with E-state index in [0.29, 0.717) is 24.0 Å². The van der Waals surface area contributed by atoms with Gasteiger partial charge in [-0.15, -0.1) is 21.5 Å². The maximum absolute atomic E-state index is 12.9. The van der Waals surface area contributed by atoms with Gasteiger partial charge in [0, 0.05) is 48.1 Å². The lowest BCUT2D eigenvalue weighted by Crippen LogP contribution is -2.45. The molecule has 4 heterocycles. The SMILES string of the molecule is Cc1nnc(C(C)C)n1C1C[C@H]2CC[C@@H](C1)N2CC[C@H](NC(=O)C1CCCC1)c1nccs1. The van der Waals surface area contributed by atoms with Crippen LogP contribution in [0.3, 0.4) is 0 Å². The van der Waals surface area contributed by atoms with E-state index in [1.807, 2.05) is 11.6 Å². The first kappa shape index (κ1) is 23.0. The molecule has 1 unspecified atom stereocenters. The molecule has 1 amide bonds. The van der Waals surface area contributed by atoms with E-state index in [9.17, 15) is 4.79 Å². The summed E-state index contributed by atoms with van der Waals surface area (Å²) in [6.45, 7) is 7.54. The number of nitrogens with zero attached hydrogens (tertiary/aromatic N) is 5. The van der Waals surface area contributed by atoms with E-state index < -0.39 is 0 Å². The van der Waals surface area contributed by atoms with E-state index in [2.05, 4.69) is 50.7 Å². The first-order valence-corrected chi connectivity index (χ1v) is 13.8. The molecular weight excluding hydrogens is 432 g/mol. The van der Waals surface area contributed by atoms with Crippen LogP contribution in [0.5, 0.6) is 0 Å². The van der Waals surface area contributed by atoms with Gasteiger partial charge in [0.2, 0.25) is 5.91 Å². The fourth-order valence-electron chi connectivity index (χ4n) is 6.47. The summed E-state index contributed by atoms with van der Waals surface area (Å²) in [5, 5.41) is 15.3. The minimum Gasteiger partial charge on any atom is -0.347 e. The second-order valence-electron chi connectivity index (χ2n) is 10.6. The van der Waals surface area contributed by atoms with Crippen molar-refractivity contribution >= 4 is 17.2 Å². The van der Waals surface area contributed by atoms with Gasteiger partial charge in [-0.1, -0.05) is 26.7 Å². The monoisotopic (exact) mass is 470 g/mol. The third kappa shape index (κ3) is 4.74. The summed E-state index contributed by atoms with van der Waals surface area (Å²) < 4.78 is 2.42. The largest absolute Gasteiger partial charge is 0.347 e. The number of piperidine rings is 1. The summed E-state index contributed by atoms with van der Waals surface area (Å²) in [7, 11) is 0. The zero-order valence-corrected chi connectivity index (χ0v) is 21.1. The van der Waals surface area contributed by atoms with Gasteiger partial charge in [-0.25, -0.2) is 4.98 Å². The van der Waals surface area contributed by atoms with E-state index in [1.54, 1.807) is 11.3 Å². The van der Waals surface area contributed by atoms with Crippen molar-refractivity contribution in [3.05, 3.63) is 28.2 Å². The Hall–Kier alpha value is -1.80. The molecule has 3 fully saturated rings. The highest BCUT2D eigenvalue weighted by atomic mass is 32.1. The molecule has 2 saturated heterocycles. The molecule has 4 atom stereocenters. The zero-order chi connectivity index (χ0) is 22.9. The van der Waals surface area contributed by atoms with Crippen molar-refractivity contribution < 1.29 is 4.79 Å². The first-order valence-electron chi connectivity index (χ1n) is 12.9. The predicted octanol–water partition coefficient (Wildman–Crippen LogP) is 4.77. The second kappa shape index (κ2) is 9.82. The summed E-state index contributed by atoms with van der Waals surface area (Å²) in [5.74, 6) is 3.00. The third-order valence-corrected chi connectivity index (χ3v) is 8.99. The predicted molar refractivity (Wildman–Crippen MR) is 130 cm³/mol. The number of amides is 1. The maximum atomic E-state index is 12.9. The van der Waals surface area contributed by atoms with Crippen molar-refractivity contribution in [2.75, 3.05) is 6.54 Å². The Balaban J connectivity index is 1.24. The summed E-state index contributed by atoms with van der Waals surface area (Å²) in [5.41, 5.74) is 0. The molecule has 180 valence electrons. The highest BCUT2D eigenvalue weighted by Gasteiger charge is 2.42. The number of aryl methyl sites for hydroxylation is 1. The van der Waals surface area contributed by atoms with Gasteiger partial charge in [0.05, 0.1) is 6.04 Å². The van der Waals surface area contributed by atoms with Crippen LogP contribution in [0.1, 0.15) is 106 Å². The fourth-order valence-corrected chi connectivity index (χ4v) is 7.20. The van der Waals surface area contributed by atoms with Gasteiger partial charge < -0.3 is 9.88 Å². The first-order chi connectivity index (χ1) is 16.0. The standard InChI is InChI=1S/C25H38N6OS/c1-16(2)23-29-28-17(3)31(23)21-14-19-8-9-20(15-21)30(19)12-10-22(25-26-11-13-33-25)27-24(32)18-6-4-5-7-18/h11,13,16,18-22H,4-10,12,14-15H2,1-3H3,(H,27,32)/t19-,20+,21?,22-/m0/s1. The van der Waals surface area contributed by atoms with Crippen molar-refractivity contribution in [1.82, 2.24) is 30.0 Å². The lowest BCUT2D eigenvalue weighted by molar-refractivity contribution is -0.125. The average Bonchev–Trinajstić information content (AvgIpc) is 3.59. The number of fused-ring (bicyclic) bond motifs is 2. The Morgan fingerprint density at radius 2 is 1.85 bits per heavy atom. The van der Waals surface area contributed by atoms with Gasteiger partial charge in [0.25, 0.3) is 0 Å². The van der Waals surface area contributed by atoms with Crippen LogP contribution in [-0.2, 0) is 4.79 Å². The molecule has 7 nitrogen and oxygen atoms in total. The smallest absolute Gasteiger partial charge is 0.223 e. The van der Waals surface area contributed by atoms with Crippen LogP contribution in [0.25, 0.3) is 0 Å². The van der Waals surface area contributed by atoms with Crippen LogP contribution < -0.4 is 5.32 Å². The highest BCUT2D eigenvalue weighted by molar-refractivity contribution is 7.09. The topological polar surface area (TPSA) is 75.9 Å². The van der Waals surface area contributed by atoms with Crippen LogP contribution in [0, 0.1) is 12.8 Å². The van der Waals surface area contributed by atoms with Gasteiger partial charge in [0.15, 0.2) is 0 Å². The molecule has 0 aromatic carbocycles. The van der Waals surface area contributed by atoms with Crippen LogP contribution in [0.15, 0.2) is 11.6 Å². The van der Waals surface area contributed by atoms with Crippen LogP contribution in [-0.4, -0.2) is 49.2 Å². The number of carbonyl (C=O) groups excluding carboxylic acids is 1. The molecule has 33 heavy (non-hydrogen) atoms. The lowest BCUT2D eigenvalue weighted by atomic mass is 9.95.